The zero-order chi connectivity index (χ0) is 16.8. The molecule has 1 amide bonds. The molecule has 1 aromatic heterocycles. The lowest BCUT2D eigenvalue weighted by atomic mass is 10.2. The van der Waals surface area contributed by atoms with E-state index in [1.165, 1.54) is 24.3 Å². The summed E-state index contributed by atoms with van der Waals surface area (Å²) in [6.45, 7) is 3.97. The molecule has 7 nitrogen and oxygen atoms in total. The number of nitrogens with zero attached hydrogens (tertiary/aromatic N) is 1. The van der Waals surface area contributed by atoms with Gasteiger partial charge in [0.25, 0.3) is 5.69 Å². The van der Waals surface area contributed by atoms with Gasteiger partial charge in [0.2, 0.25) is 5.91 Å². The first kappa shape index (κ1) is 16.3. The second kappa shape index (κ2) is 7.26. The number of carbonyl (C=O) groups is 1. The number of amides is 1. The van der Waals surface area contributed by atoms with Crippen molar-refractivity contribution in [2.24, 2.45) is 0 Å². The van der Waals surface area contributed by atoms with E-state index in [-0.39, 0.29) is 11.4 Å². The molecular formula is C16H16N2O5. The molecule has 1 heterocycles. The molecular weight excluding hydrogens is 300 g/mol. The van der Waals surface area contributed by atoms with Gasteiger partial charge in [-0.2, -0.15) is 0 Å². The molecule has 0 radical (unpaired) electrons. The van der Waals surface area contributed by atoms with Crippen molar-refractivity contribution >= 4 is 23.4 Å². The summed E-state index contributed by atoms with van der Waals surface area (Å²) in [5, 5.41) is 13.6. The van der Waals surface area contributed by atoms with Crippen LogP contribution in [-0.4, -0.2) is 17.4 Å². The number of rotatable bonds is 6. The minimum absolute atomic E-state index is 0.101. The molecule has 0 fully saturated rings. The van der Waals surface area contributed by atoms with Gasteiger partial charge < -0.3 is 14.5 Å². The van der Waals surface area contributed by atoms with Crippen LogP contribution in [0.5, 0.6) is 5.75 Å². The Labute approximate surface area is 132 Å². The van der Waals surface area contributed by atoms with E-state index in [2.05, 4.69) is 5.32 Å². The van der Waals surface area contributed by atoms with Crippen LogP contribution < -0.4 is 10.1 Å². The first-order valence-corrected chi connectivity index (χ1v) is 6.96. The molecule has 0 unspecified atom stereocenters. The minimum Gasteiger partial charge on any atom is -0.494 e. The van der Waals surface area contributed by atoms with Gasteiger partial charge in [0, 0.05) is 6.08 Å². The Bertz CT molecular complexity index is 749. The molecule has 0 spiro atoms. The quantitative estimate of drug-likeness (QED) is 0.499. The second-order valence-electron chi connectivity index (χ2n) is 4.64. The van der Waals surface area contributed by atoms with Crippen LogP contribution in [0, 0.1) is 17.0 Å². The lowest BCUT2D eigenvalue weighted by Gasteiger charge is -2.06. The molecule has 0 saturated heterocycles. The summed E-state index contributed by atoms with van der Waals surface area (Å²) in [4.78, 5) is 22.4. The Hall–Kier alpha value is -3.09. The molecule has 0 atom stereocenters. The Morgan fingerprint density at radius 2 is 2.17 bits per heavy atom. The number of nitrogens with one attached hydrogen (secondary N) is 1. The fourth-order valence-corrected chi connectivity index (χ4v) is 1.90. The van der Waals surface area contributed by atoms with Gasteiger partial charge in [-0.1, -0.05) is 0 Å². The minimum atomic E-state index is -0.572. The number of hydrogen-bond donors (Lipinski definition) is 1. The fourth-order valence-electron chi connectivity index (χ4n) is 1.90. The van der Waals surface area contributed by atoms with Crippen molar-refractivity contribution in [1.82, 2.24) is 0 Å². The Morgan fingerprint density at radius 1 is 1.39 bits per heavy atom. The number of hydrogen-bond acceptors (Lipinski definition) is 5. The highest BCUT2D eigenvalue weighted by atomic mass is 16.6. The van der Waals surface area contributed by atoms with Gasteiger partial charge in [-0.3, -0.25) is 14.9 Å². The maximum atomic E-state index is 11.9. The molecule has 0 aliphatic carbocycles. The summed E-state index contributed by atoms with van der Waals surface area (Å²) in [5.41, 5.74) is -0.129. The zero-order valence-corrected chi connectivity index (χ0v) is 12.7. The number of furan rings is 1. The van der Waals surface area contributed by atoms with Crippen molar-refractivity contribution in [3.05, 3.63) is 58.0 Å². The van der Waals surface area contributed by atoms with Gasteiger partial charge in [0.1, 0.15) is 23.0 Å². The Morgan fingerprint density at radius 3 is 2.78 bits per heavy atom. The van der Waals surface area contributed by atoms with Crippen LogP contribution in [0.15, 0.2) is 40.8 Å². The molecule has 0 aliphatic heterocycles. The standard InChI is InChI=1S/C16H16N2O5/c1-3-22-13-6-8-14(15(10-13)18(20)21)17-16(19)9-7-12-5-4-11(2)23-12/h4-10H,3H2,1-2H3,(H,17,19)/b9-7+. The van der Waals surface area contributed by atoms with E-state index < -0.39 is 10.8 Å². The van der Waals surface area contributed by atoms with E-state index in [1.807, 2.05) is 0 Å². The molecule has 2 aromatic rings. The smallest absolute Gasteiger partial charge is 0.296 e. The summed E-state index contributed by atoms with van der Waals surface area (Å²) in [6, 6.07) is 7.77. The largest absolute Gasteiger partial charge is 0.494 e. The van der Waals surface area contributed by atoms with Crippen LogP contribution in [0.4, 0.5) is 11.4 Å². The lowest BCUT2D eigenvalue weighted by Crippen LogP contribution is -2.09. The summed E-state index contributed by atoms with van der Waals surface area (Å²) >= 11 is 0. The lowest BCUT2D eigenvalue weighted by molar-refractivity contribution is -0.384. The zero-order valence-electron chi connectivity index (χ0n) is 12.7. The molecule has 1 aromatic carbocycles. The van der Waals surface area contributed by atoms with Crippen LogP contribution in [0.2, 0.25) is 0 Å². The molecule has 1 N–H and O–H groups in total. The Balaban J connectivity index is 2.13. The van der Waals surface area contributed by atoms with Gasteiger partial charge in [0.05, 0.1) is 17.6 Å². The summed E-state index contributed by atoms with van der Waals surface area (Å²) in [7, 11) is 0. The maximum Gasteiger partial charge on any atom is 0.296 e. The highest BCUT2D eigenvalue weighted by Crippen LogP contribution is 2.29. The number of nitro benzene ring substituents is 1. The summed E-state index contributed by atoms with van der Waals surface area (Å²) < 4.78 is 10.5. The highest BCUT2D eigenvalue weighted by Gasteiger charge is 2.16. The van der Waals surface area contributed by atoms with E-state index in [1.54, 1.807) is 32.0 Å². The molecule has 23 heavy (non-hydrogen) atoms. The second-order valence-corrected chi connectivity index (χ2v) is 4.64. The third-order valence-electron chi connectivity index (χ3n) is 2.89. The molecule has 0 aliphatic rings. The van der Waals surface area contributed by atoms with Crippen LogP contribution in [0.1, 0.15) is 18.4 Å². The van der Waals surface area contributed by atoms with Crippen molar-refractivity contribution in [3.8, 4) is 5.75 Å². The van der Waals surface area contributed by atoms with Crippen LogP contribution >= 0.6 is 0 Å². The average molecular weight is 316 g/mol. The van der Waals surface area contributed by atoms with Crippen molar-refractivity contribution in [3.63, 3.8) is 0 Å². The maximum absolute atomic E-state index is 11.9. The number of anilines is 1. The number of nitro groups is 1. The predicted molar refractivity (Wildman–Crippen MR) is 85.4 cm³/mol. The third kappa shape index (κ3) is 4.44. The van der Waals surface area contributed by atoms with Crippen LogP contribution in [-0.2, 0) is 4.79 Å². The number of aryl methyl sites for hydroxylation is 1. The molecule has 0 saturated carbocycles. The summed E-state index contributed by atoms with van der Waals surface area (Å²) in [5.74, 6) is 1.14. The SMILES string of the molecule is CCOc1ccc(NC(=O)/C=C/c2ccc(C)o2)c([N+](=O)[O-])c1. The van der Waals surface area contributed by atoms with Gasteiger partial charge in [-0.05, 0) is 44.2 Å². The molecule has 0 bridgehead atoms. The van der Waals surface area contributed by atoms with Crippen LogP contribution in [0.3, 0.4) is 0 Å². The van der Waals surface area contributed by atoms with Gasteiger partial charge >= 0.3 is 0 Å². The highest BCUT2D eigenvalue weighted by molar-refractivity contribution is 6.03. The van der Waals surface area contributed by atoms with Crippen molar-refractivity contribution in [2.75, 3.05) is 11.9 Å². The van der Waals surface area contributed by atoms with Crippen LogP contribution in [0.25, 0.3) is 6.08 Å². The van der Waals surface area contributed by atoms with Gasteiger partial charge in [-0.15, -0.1) is 0 Å². The van der Waals surface area contributed by atoms with Crippen molar-refractivity contribution < 1.29 is 18.9 Å². The van der Waals surface area contributed by atoms with Crippen molar-refractivity contribution in [1.29, 1.82) is 0 Å². The van der Waals surface area contributed by atoms with E-state index in [0.29, 0.717) is 18.1 Å². The van der Waals surface area contributed by atoms with E-state index in [0.717, 1.165) is 5.76 Å². The van der Waals surface area contributed by atoms with Gasteiger partial charge in [0.15, 0.2) is 0 Å². The monoisotopic (exact) mass is 316 g/mol. The first-order chi connectivity index (χ1) is 11.0. The average Bonchev–Trinajstić information content (AvgIpc) is 2.92. The number of benzene rings is 1. The molecule has 120 valence electrons. The Kier molecular flexibility index (Phi) is 5.14. The molecule has 2 rings (SSSR count). The third-order valence-corrected chi connectivity index (χ3v) is 2.89. The van der Waals surface area contributed by atoms with E-state index in [9.17, 15) is 14.9 Å². The number of ether oxygens (including phenoxy) is 1. The van der Waals surface area contributed by atoms with E-state index >= 15 is 0 Å². The fraction of sp³-hybridized carbons (Fsp3) is 0.188. The van der Waals surface area contributed by atoms with Gasteiger partial charge in [-0.25, -0.2) is 0 Å². The normalized spacial score (nSPS) is 10.7. The summed E-state index contributed by atoms with van der Waals surface area (Å²) in [6.07, 6.45) is 2.74. The van der Waals surface area contributed by atoms with E-state index in [4.69, 9.17) is 9.15 Å². The predicted octanol–water partition coefficient (Wildman–Crippen LogP) is 3.55. The number of carbonyl (C=O) groups excluding carboxylic acids is 1. The topological polar surface area (TPSA) is 94.6 Å². The molecule has 7 heteroatoms. The van der Waals surface area contributed by atoms with Crippen molar-refractivity contribution in [2.45, 2.75) is 13.8 Å². The first-order valence-electron chi connectivity index (χ1n) is 6.96.